The van der Waals surface area contributed by atoms with Crippen LogP contribution in [0, 0.1) is 0 Å². The van der Waals surface area contributed by atoms with Gasteiger partial charge in [0.25, 0.3) is 0 Å². The number of hydrogen-bond acceptors (Lipinski definition) is 4. The van der Waals surface area contributed by atoms with E-state index in [-0.39, 0.29) is 18.0 Å². The van der Waals surface area contributed by atoms with E-state index >= 15 is 0 Å². The number of fused-ring (bicyclic) bond motifs is 1. The van der Waals surface area contributed by atoms with Gasteiger partial charge >= 0.3 is 0 Å². The van der Waals surface area contributed by atoms with Gasteiger partial charge in [-0.1, -0.05) is 12.2 Å². The lowest BCUT2D eigenvalue weighted by atomic mass is 9.99. The van der Waals surface area contributed by atoms with Gasteiger partial charge in [0.05, 0.1) is 23.6 Å². The lowest BCUT2D eigenvalue weighted by Gasteiger charge is -2.33. The molecule has 3 heterocycles. The number of allylic oxidation sites excluding steroid dienone is 1. The van der Waals surface area contributed by atoms with Crippen LogP contribution in [0.5, 0.6) is 0 Å². The monoisotopic (exact) mass is 265 g/mol. The van der Waals surface area contributed by atoms with Crippen molar-refractivity contribution in [1.29, 1.82) is 0 Å². The highest BCUT2D eigenvalue weighted by molar-refractivity contribution is 7.89. The third kappa shape index (κ3) is 1.69. The van der Waals surface area contributed by atoms with Gasteiger partial charge in [-0.25, -0.2) is 8.42 Å². The van der Waals surface area contributed by atoms with Gasteiger partial charge in [0.1, 0.15) is 5.76 Å². The van der Waals surface area contributed by atoms with Crippen molar-refractivity contribution in [3.63, 3.8) is 0 Å². The molecule has 18 heavy (non-hydrogen) atoms. The topological polar surface area (TPSA) is 67.6 Å². The Morgan fingerprint density at radius 3 is 2.94 bits per heavy atom. The van der Waals surface area contributed by atoms with Crippen molar-refractivity contribution in [2.75, 3.05) is 5.75 Å². The fourth-order valence-electron chi connectivity index (χ4n) is 2.18. The summed E-state index contributed by atoms with van der Waals surface area (Å²) in [6.07, 6.45) is 6.35. The quantitative estimate of drug-likeness (QED) is 0.715. The summed E-state index contributed by atoms with van der Waals surface area (Å²) in [5.74, 6) is 0.274. The minimum Gasteiger partial charge on any atom is -0.464 e. The Morgan fingerprint density at radius 1 is 1.39 bits per heavy atom. The Bertz CT molecular complexity index is 640. The van der Waals surface area contributed by atoms with Gasteiger partial charge < -0.3 is 4.42 Å². The van der Waals surface area contributed by atoms with E-state index in [1.54, 1.807) is 24.3 Å². The molecule has 1 aromatic heterocycles. The fraction of sp³-hybridized carbons (Fsp3) is 0.250. The van der Waals surface area contributed by atoms with Crippen molar-refractivity contribution in [3.05, 3.63) is 42.5 Å². The van der Waals surface area contributed by atoms with Gasteiger partial charge in [-0.15, -0.1) is 0 Å². The number of carbonyl (C=O) groups excluding carboxylic acids is 1. The Morgan fingerprint density at radius 2 is 2.22 bits per heavy atom. The van der Waals surface area contributed by atoms with E-state index in [1.165, 1.54) is 16.8 Å². The highest BCUT2D eigenvalue weighted by atomic mass is 32.2. The minimum atomic E-state index is -3.35. The van der Waals surface area contributed by atoms with Crippen LogP contribution in [0.3, 0.4) is 0 Å². The van der Waals surface area contributed by atoms with E-state index in [9.17, 15) is 13.2 Å². The standard InChI is InChI=1S/C12H11NO4S/c14-11-7-9-3-2-6-18(15,16)13(9)8-10(11)12-4-1-5-17-12/h1-5,8-9H,6-7H2. The highest BCUT2D eigenvalue weighted by Gasteiger charge is 2.35. The molecule has 1 unspecified atom stereocenters. The fourth-order valence-corrected chi connectivity index (χ4v) is 3.53. The second-order valence-electron chi connectivity index (χ2n) is 4.25. The molecule has 94 valence electrons. The minimum absolute atomic E-state index is 0.0281. The first-order valence-corrected chi connectivity index (χ1v) is 7.15. The van der Waals surface area contributed by atoms with E-state index in [0.29, 0.717) is 11.3 Å². The molecule has 1 atom stereocenters. The Kier molecular flexibility index (Phi) is 2.41. The third-order valence-electron chi connectivity index (χ3n) is 3.05. The molecule has 0 N–H and O–H groups in total. The average Bonchev–Trinajstić information content (AvgIpc) is 2.81. The van der Waals surface area contributed by atoms with Crippen molar-refractivity contribution in [1.82, 2.24) is 4.31 Å². The maximum absolute atomic E-state index is 12.0. The summed E-state index contributed by atoms with van der Waals surface area (Å²) >= 11 is 0. The largest absolute Gasteiger partial charge is 0.464 e. The van der Waals surface area contributed by atoms with Crippen LogP contribution in [0.15, 0.2) is 41.2 Å². The van der Waals surface area contributed by atoms with Crippen molar-refractivity contribution in [2.24, 2.45) is 0 Å². The van der Waals surface area contributed by atoms with Gasteiger partial charge in [0.15, 0.2) is 5.78 Å². The normalized spacial score (nSPS) is 25.8. The molecule has 0 fully saturated rings. The van der Waals surface area contributed by atoms with E-state index in [1.807, 2.05) is 0 Å². The van der Waals surface area contributed by atoms with Gasteiger partial charge in [-0.3, -0.25) is 9.10 Å². The Balaban J connectivity index is 2.10. The summed E-state index contributed by atoms with van der Waals surface area (Å²) in [6, 6.07) is 2.92. The molecule has 0 aliphatic carbocycles. The molecular formula is C12H11NO4S. The van der Waals surface area contributed by atoms with Crippen LogP contribution in [0.2, 0.25) is 0 Å². The van der Waals surface area contributed by atoms with Crippen molar-refractivity contribution in [3.8, 4) is 0 Å². The van der Waals surface area contributed by atoms with Crippen LogP contribution >= 0.6 is 0 Å². The number of furan rings is 1. The summed E-state index contributed by atoms with van der Waals surface area (Å²) in [5, 5.41) is 0. The Hall–Kier alpha value is -1.82. The Labute approximate surface area is 104 Å². The second kappa shape index (κ2) is 3.84. The zero-order chi connectivity index (χ0) is 12.8. The van der Waals surface area contributed by atoms with Gasteiger partial charge in [0.2, 0.25) is 10.0 Å². The maximum Gasteiger partial charge on any atom is 0.238 e. The average molecular weight is 265 g/mol. The molecule has 0 amide bonds. The van der Waals surface area contributed by atoms with E-state index in [4.69, 9.17) is 4.42 Å². The number of rotatable bonds is 1. The SMILES string of the molecule is O=C1CC2C=CCS(=O)(=O)N2C=C1c1ccco1. The number of nitrogens with zero attached hydrogens (tertiary/aromatic N) is 1. The van der Waals surface area contributed by atoms with Crippen LogP contribution < -0.4 is 0 Å². The first-order chi connectivity index (χ1) is 8.58. The number of hydrogen-bond donors (Lipinski definition) is 0. The molecule has 1 aromatic rings. The molecule has 3 rings (SSSR count). The van der Waals surface area contributed by atoms with Gasteiger partial charge in [-0.05, 0) is 12.1 Å². The molecule has 5 nitrogen and oxygen atoms in total. The summed E-state index contributed by atoms with van der Waals surface area (Å²) in [4.78, 5) is 12.0. The van der Waals surface area contributed by atoms with E-state index < -0.39 is 16.1 Å². The molecule has 2 aliphatic rings. The van der Waals surface area contributed by atoms with Crippen LogP contribution in [-0.2, 0) is 14.8 Å². The number of Topliss-reactive ketones (excluding diaryl/α,β-unsaturated/α-hetero) is 1. The van der Waals surface area contributed by atoms with Gasteiger partial charge in [0, 0.05) is 12.6 Å². The lowest BCUT2D eigenvalue weighted by molar-refractivity contribution is -0.114. The molecule has 0 bridgehead atoms. The summed E-state index contributed by atoms with van der Waals surface area (Å²) < 4.78 is 30.3. The number of sulfonamides is 1. The summed E-state index contributed by atoms with van der Waals surface area (Å²) in [6.45, 7) is 0. The second-order valence-corrected chi connectivity index (χ2v) is 6.17. The summed E-state index contributed by atoms with van der Waals surface area (Å²) in [5.41, 5.74) is 0.315. The smallest absolute Gasteiger partial charge is 0.238 e. The summed E-state index contributed by atoms with van der Waals surface area (Å²) in [7, 11) is -3.35. The van der Waals surface area contributed by atoms with Crippen molar-refractivity contribution in [2.45, 2.75) is 12.5 Å². The van der Waals surface area contributed by atoms with Crippen LogP contribution in [-0.4, -0.2) is 30.3 Å². The third-order valence-corrected chi connectivity index (χ3v) is 4.68. The molecule has 6 heteroatoms. The molecular weight excluding hydrogens is 254 g/mol. The first-order valence-electron chi connectivity index (χ1n) is 5.55. The molecule has 0 aromatic carbocycles. The van der Waals surface area contributed by atoms with E-state index in [2.05, 4.69) is 0 Å². The highest BCUT2D eigenvalue weighted by Crippen LogP contribution is 2.30. The zero-order valence-corrected chi connectivity index (χ0v) is 10.3. The zero-order valence-electron chi connectivity index (χ0n) is 9.44. The van der Waals surface area contributed by atoms with Gasteiger partial charge in [-0.2, -0.15) is 0 Å². The van der Waals surface area contributed by atoms with Crippen molar-refractivity contribution >= 4 is 21.4 Å². The number of ketones is 1. The molecule has 0 spiro atoms. The van der Waals surface area contributed by atoms with E-state index in [0.717, 1.165) is 0 Å². The number of carbonyl (C=O) groups is 1. The molecule has 0 saturated carbocycles. The van der Waals surface area contributed by atoms with Crippen LogP contribution in [0.25, 0.3) is 5.57 Å². The van der Waals surface area contributed by atoms with Crippen molar-refractivity contribution < 1.29 is 17.6 Å². The molecule has 2 aliphatic heterocycles. The predicted molar refractivity (Wildman–Crippen MR) is 64.9 cm³/mol. The molecule has 0 radical (unpaired) electrons. The predicted octanol–water partition coefficient (Wildman–Crippen LogP) is 1.16. The maximum atomic E-state index is 12.0. The van der Waals surface area contributed by atoms with Crippen LogP contribution in [0.1, 0.15) is 12.2 Å². The first kappa shape index (κ1) is 11.3. The van der Waals surface area contributed by atoms with Crippen LogP contribution in [0.4, 0.5) is 0 Å². The lowest BCUT2D eigenvalue weighted by Crippen LogP contribution is -2.43. The molecule has 0 saturated heterocycles.